The van der Waals surface area contributed by atoms with E-state index in [1.165, 1.54) is 18.3 Å². The van der Waals surface area contributed by atoms with E-state index in [0.29, 0.717) is 18.6 Å². The molecule has 0 spiro atoms. The minimum Gasteiger partial charge on any atom is -0.418 e. The summed E-state index contributed by atoms with van der Waals surface area (Å²) in [6.07, 6.45) is -0.660. The van der Waals surface area contributed by atoms with Crippen LogP contribution in [0.15, 0.2) is 48.8 Å². The summed E-state index contributed by atoms with van der Waals surface area (Å²) in [7, 11) is -1.69. The normalized spacial score (nSPS) is 14.9. The third kappa shape index (κ3) is 5.39. The summed E-state index contributed by atoms with van der Waals surface area (Å²) in [6.45, 7) is 6.64. The molecule has 3 nitrogen and oxygen atoms in total. The van der Waals surface area contributed by atoms with Crippen molar-refractivity contribution in [2.75, 3.05) is 6.61 Å². The van der Waals surface area contributed by atoms with Crippen LogP contribution in [0.3, 0.4) is 0 Å². The molecule has 0 aliphatic heterocycles. The van der Waals surface area contributed by atoms with Crippen molar-refractivity contribution in [1.29, 1.82) is 0 Å². The Morgan fingerprint density at radius 3 is 2.27 bits per heavy atom. The molecule has 26 heavy (non-hydrogen) atoms. The maximum atomic E-state index is 13.1. The van der Waals surface area contributed by atoms with Crippen molar-refractivity contribution in [2.45, 2.75) is 44.3 Å². The van der Waals surface area contributed by atoms with Gasteiger partial charge in [-0.2, -0.15) is 13.2 Å². The zero-order chi connectivity index (χ0) is 19.4. The fraction of sp³-hybridized carbons (Fsp3) is 0.421. The van der Waals surface area contributed by atoms with Crippen molar-refractivity contribution in [3.63, 3.8) is 0 Å². The van der Waals surface area contributed by atoms with E-state index in [1.54, 1.807) is 18.3 Å². The van der Waals surface area contributed by atoms with E-state index < -0.39 is 25.7 Å². The number of halogens is 3. The molecule has 0 fully saturated rings. The van der Waals surface area contributed by atoms with Crippen molar-refractivity contribution >= 4 is 8.32 Å². The van der Waals surface area contributed by atoms with Crippen LogP contribution in [0.4, 0.5) is 13.2 Å². The molecule has 2 aromatic rings. The van der Waals surface area contributed by atoms with Crippen molar-refractivity contribution < 1.29 is 22.7 Å². The first-order chi connectivity index (χ1) is 12.0. The predicted octanol–water partition coefficient (Wildman–Crippen LogP) is 4.97. The molecule has 0 aliphatic rings. The van der Waals surface area contributed by atoms with Gasteiger partial charge in [0.25, 0.3) is 0 Å². The Bertz CT molecular complexity index is 717. The lowest BCUT2D eigenvalue weighted by atomic mass is 9.83. The first-order valence-electron chi connectivity index (χ1n) is 8.47. The second-order valence-corrected chi connectivity index (χ2v) is 11.8. The predicted molar refractivity (Wildman–Crippen MR) is 97.2 cm³/mol. The Kier molecular flexibility index (Phi) is 6.26. The highest BCUT2D eigenvalue weighted by molar-refractivity contribution is 6.69. The van der Waals surface area contributed by atoms with Gasteiger partial charge in [0.05, 0.1) is 5.56 Å². The van der Waals surface area contributed by atoms with E-state index >= 15 is 0 Å². The second-order valence-electron chi connectivity index (χ2n) is 7.24. The number of pyridine rings is 1. The van der Waals surface area contributed by atoms with Crippen LogP contribution in [0.25, 0.3) is 0 Å². The average Bonchev–Trinajstić information content (AvgIpc) is 2.58. The van der Waals surface area contributed by atoms with Crippen LogP contribution >= 0.6 is 0 Å². The number of rotatable bonds is 7. The molecule has 1 aromatic heterocycles. The van der Waals surface area contributed by atoms with Crippen molar-refractivity contribution in [3.05, 3.63) is 65.5 Å². The van der Waals surface area contributed by atoms with Crippen LogP contribution < -0.4 is 0 Å². The van der Waals surface area contributed by atoms with Gasteiger partial charge < -0.3 is 9.53 Å². The van der Waals surface area contributed by atoms with Crippen molar-refractivity contribution in [3.8, 4) is 0 Å². The smallest absolute Gasteiger partial charge is 0.416 e. The Balaban J connectivity index is 2.33. The minimum atomic E-state index is -4.47. The monoisotopic (exact) mass is 383 g/mol. The number of hydrogen-bond donors (Lipinski definition) is 1. The van der Waals surface area contributed by atoms with Gasteiger partial charge >= 0.3 is 6.18 Å². The molecule has 7 heteroatoms. The van der Waals surface area contributed by atoms with Gasteiger partial charge in [-0.15, -0.1) is 0 Å². The van der Waals surface area contributed by atoms with Gasteiger partial charge in [-0.3, -0.25) is 4.98 Å². The van der Waals surface area contributed by atoms with Crippen LogP contribution in [0.1, 0.15) is 29.5 Å². The van der Waals surface area contributed by atoms with Crippen LogP contribution in [-0.4, -0.2) is 25.0 Å². The van der Waals surface area contributed by atoms with Crippen LogP contribution in [0.2, 0.25) is 19.6 Å². The van der Waals surface area contributed by atoms with E-state index in [2.05, 4.69) is 24.6 Å². The van der Waals surface area contributed by atoms with Gasteiger partial charge in [0.1, 0.15) is 5.60 Å². The van der Waals surface area contributed by atoms with E-state index in [1.807, 2.05) is 0 Å². The average molecular weight is 383 g/mol. The summed E-state index contributed by atoms with van der Waals surface area (Å²) in [5, 5.41) is 11.3. The standard InChI is InChI=1S/C19H24F3NO2Si/c1-26(2,3)25-12-6-10-18(24,17-9-5-11-23-14-17)15-7-4-8-16(13-15)19(20,21)22/h4-5,7-9,11,13-14,24H,6,10,12H2,1-3H3. The maximum absolute atomic E-state index is 13.1. The highest BCUT2D eigenvalue weighted by Gasteiger charge is 2.36. The lowest BCUT2D eigenvalue weighted by molar-refractivity contribution is -0.137. The molecule has 1 atom stereocenters. The Labute approximate surface area is 153 Å². The third-order valence-electron chi connectivity index (χ3n) is 4.02. The summed E-state index contributed by atoms with van der Waals surface area (Å²) >= 11 is 0. The summed E-state index contributed by atoms with van der Waals surface area (Å²) in [5.74, 6) is 0. The molecule has 0 amide bonds. The minimum absolute atomic E-state index is 0.202. The summed E-state index contributed by atoms with van der Waals surface area (Å²) in [4.78, 5) is 4.01. The Hall–Kier alpha value is -1.70. The molecular weight excluding hydrogens is 359 g/mol. The fourth-order valence-corrected chi connectivity index (χ4v) is 3.48. The summed E-state index contributed by atoms with van der Waals surface area (Å²) in [5.41, 5.74) is -1.67. The topological polar surface area (TPSA) is 42.4 Å². The van der Waals surface area contributed by atoms with Gasteiger partial charge in [0.15, 0.2) is 8.32 Å². The number of alkyl halides is 3. The SMILES string of the molecule is C[Si](C)(C)OCCCC(O)(c1cccnc1)c1cccc(C(F)(F)F)c1. The highest BCUT2D eigenvalue weighted by atomic mass is 28.4. The van der Waals surface area contributed by atoms with E-state index in [4.69, 9.17) is 4.43 Å². The molecule has 1 N–H and O–H groups in total. The van der Waals surface area contributed by atoms with Crippen LogP contribution in [0.5, 0.6) is 0 Å². The van der Waals surface area contributed by atoms with E-state index in [-0.39, 0.29) is 12.0 Å². The number of aliphatic hydroxyl groups is 1. The van der Waals surface area contributed by atoms with Gasteiger partial charge in [-0.1, -0.05) is 18.2 Å². The van der Waals surface area contributed by atoms with Gasteiger partial charge in [0, 0.05) is 24.6 Å². The largest absolute Gasteiger partial charge is 0.418 e. The highest BCUT2D eigenvalue weighted by Crippen LogP contribution is 2.37. The lowest BCUT2D eigenvalue weighted by Crippen LogP contribution is -2.30. The molecule has 0 bridgehead atoms. The molecule has 142 valence electrons. The van der Waals surface area contributed by atoms with Crippen molar-refractivity contribution in [1.82, 2.24) is 4.98 Å². The fourth-order valence-electron chi connectivity index (χ4n) is 2.72. The number of nitrogens with zero attached hydrogens (tertiary/aromatic N) is 1. The molecular formula is C19H24F3NO2Si. The number of aromatic nitrogens is 1. The summed E-state index contributed by atoms with van der Waals surface area (Å²) in [6, 6.07) is 8.17. The van der Waals surface area contributed by atoms with Gasteiger partial charge in [0.2, 0.25) is 0 Å². The van der Waals surface area contributed by atoms with Gasteiger partial charge in [-0.25, -0.2) is 0 Å². The molecule has 0 saturated heterocycles. The first-order valence-corrected chi connectivity index (χ1v) is 11.9. The molecule has 2 rings (SSSR count). The summed E-state index contributed by atoms with van der Waals surface area (Å²) < 4.78 is 45.1. The molecule has 1 aromatic carbocycles. The molecule has 1 unspecified atom stereocenters. The number of hydrogen-bond acceptors (Lipinski definition) is 3. The molecule has 1 heterocycles. The number of benzene rings is 1. The first kappa shape index (κ1) is 20.6. The molecule has 0 radical (unpaired) electrons. The second kappa shape index (κ2) is 7.90. The van der Waals surface area contributed by atoms with E-state index in [9.17, 15) is 18.3 Å². The van der Waals surface area contributed by atoms with Gasteiger partial charge in [-0.05, 0) is 56.2 Å². The van der Waals surface area contributed by atoms with Crippen LogP contribution in [0, 0.1) is 0 Å². The Morgan fingerprint density at radius 1 is 1.04 bits per heavy atom. The maximum Gasteiger partial charge on any atom is 0.416 e. The lowest BCUT2D eigenvalue weighted by Gasteiger charge is -2.30. The zero-order valence-electron chi connectivity index (χ0n) is 15.2. The third-order valence-corrected chi connectivity index (χ3v) is 5.09. The quantitative estimate of drug-likeness (QED) is 0.542. The van der Waals surface area contributed by atoms with Crippen LogP contribution in [-0.2, 0) is 16.2 Å². The van der Waals surface area contributed by atoms with Crippen molar-refractivity contribution in [2.24, 2.45) is 0 Å². The van der Waals surface area contributed by atoms with E-state index in [0.717, 1.165) is 12.1 Å². The Morgan fingerprint density at radius 2 is 1.69 bits per heavy atom. The molecule has 0 aliphatic carbocycles. The molecule has 0 saturated carbocycles. The zero-order valence-corrected chi connectivity index (χ0v) is 16.2.